The van der Waals surface area contributed by atoms with E-state index in [1.165, 1.54) is 7.11 Å². The Bertz CT molecular complexity index is 643. The molecule has 0 radical (unpaired) electrons. The second-order valence-electron chi connectivity index (χ2n) is 4.86. The highest BCUT2D eigenvalue weighted by Gasteiger charge is 2.45. The molecule has 8 heteroatoms. The number of nitrogens with zero attached hydrogens (tertiary/aromatic N) is 2. The van der Waals surface area contributed by atoms with Crippen molar-refractivity contribution in [3.05, 3.63) is 29.8 Å². The highest BCUT2D eigenvalue weighted by Crippen LogP contribution is 2.35. The van der Waals surface area contributed by atoms with E-state index >= 15 is 0 Å². The van der Waals surface area contributed by atoms with E-state index in [9.17, 15) is 13.2 Å². The number of fused-ring (bicyclic) bond motifs is 1. The number of para-hydroxylation sites is 1. The molecule has 0 fully saturated rings. The number of benzene rings is 1. The van der Waals surface area contributed by atoms with E-state index in [4.69, 9.17) is 16.3 Å². The summed E-state index contributed by atoms with van der Waals surface area (Å²) >= 11 is 5.82. The summed E-state index contributed by atoms with van der Waals surface area (Å²) in [6.45, 7) is 3.29. The number of rotatable bonds is 4. The van der Waals surface area contributed by atoms with Crippen LogP contribution < -0.4 is 4.31 Å². The number of methoxy groups -OCH3 is 1. The summed E-state index contributed by atoms with van der Waals surface area (Å²) in [4.78, 5) is 12.5. The van der Waals surface area contributed by atoms with Gasteiger partial charge in [0.05, 0.1) is 17.1 Å². The van der Waals surface area contributed by atoms with Crippen LogP contribution in [0.3, 0.4) is 0 Å². The molecule has 0 spiro atoms. The van der Waals surface area contributed by atoms with Crippen LogP contribution in [0.2, 0.25) is 0 Å². The highest BCUT2D eigenvalue weighted by molar-refractivity contribution is 7.91. The quantitative estimate of drug-likeness (QED) is 0.789. The Labute approximate surface area is 129 Å². The third-order valence-corrected chi connectivity index (χ3v) is 5.48. The predicted octanol–water partition coefficient (Wildman–Crippen LogP) is 1.81. The second-order valence-corrected chi connectivity index (χ2v) is 6.85. The number of carbonyl (C=O) groups is 1. The van der Waals surface area contributed by atoms with Crippen LogP contribution in [0.4, 0.5) is 5.69 Å². The van der Waals surface area contributed by atoms with Gasteiger partial charge in [-0.25, -0.2) is 8.61 Å². The number of alkyl halides is 1. The molecule has 0 aromatic heterocycles. The van der Waals surface area contributed by atoms with E-state index < -0.39 is 28.4 Å². The summed E-state index contributed by atoms with van der Waals surface area (Å²) in [5, 5.41) is 0. The molecule has 0 N–H and O–H groups in total. The first kappa shape index (κ1) is 16.1. The fraction of sp³-hybridized carbons (Fsp3) is 0.462. The van der Waals surface area contributed by atoms with Crippen LogP contribution in [-0.2, 0) is 14.9 Å². The van der Waals surface area contributed by atoms with Crippen LogP contribution in [0.15, 0.2) is 24.3 Å². The third kappa shape index (κ3) is 2.49. The molecular weight excluding hydrogens is 316 g/mol. The van der Waals surface area contributed by atoms with Gasteiger partial charge in [-0.2, -0.15) is 8.42 Å². The highest BCUT2D eigenvalue weighted by atomic mass is 35.5. The molecular formula is C13H17ClN2O4S. The minimum Gasteiger partial charge on any atom is -0.359 e. The van der Waals surface area contributed by atoms with Crippen LogP contribution >= 0.6 is 11.6 Å². The summed E-state index contributed by atoms with van der Waals surface area (Å²) in [6, 6.07) is 6.01. The van der Waals surface area contributed by atoms with E-state index in [1.807, 2.05) is 0 Å². The zero-order chi connectivity index (χ0) is 15.8. The molecule has 0 aliphatic carbocycles. The fourth-order valence-electron chi connectivity index (χ4n) is 2.32. The van der Waals surface area contributed by atoms with Gasteiger partial charge in [-0.15, -0.1) is 11.6 Å². The number of hydrogen-bond acceptors (Lipinski definition) is 4. The van der Waals surface area contributed by atoms with Gasteiger partial charge in [-0.1, -0.05) is 12.1 Å². The van der Waals surface area contributed by atoms with Crippen molar-refractivity contribution in [2.45, 2.75) is 26.1 Å². The van der Waals surface area contributed by atoms with Crippen molar-refractivity contribution in [1.29, 1.82) is 0 Å². The number of halogens is 1. The molecule has 0 bridgehead atoms. The number of amides is 1. The van der Waals surface area contributed by atoms with E-state index in [-0.39, 0.29) is 11.6 Å². The number of hydrogen-bond donors (Lipinski definition) is 0. The van der Waals surface area contributed by atoms with Crippen molar-refractivity contribution >= 4 is 33.4 Å². The molecule has 1 heterocycles. The summed E-state index contributed by atoms with van der Waals surface area (Å²) in [5.41, 5.74) is 0.597. The molecule has 1 aromatic rings. The maximum atomic E-state index is 12.8. The van der Waals surface area contributed by atoms with E-state index in [0.29, 0.717) is 5.56 Å². The monoisotopic (exact) mass is 332 g/mol. The van der Waals surface area contributed by atoms with Gasteiger partial charge in [-0.05, 0) is 26.0 Å². The predicted molar refractivity (Wildman–Crippen MR) is 80.7 cm³/mol. The van der Waals surface area contributed by atoms with E-state index in [2.05, 4.69) is 0 Å². The normalized spacial score (nSPS) is 18.8. The molecule has 1 aromatic carbocycles. The smallest absolute Gasteiger partial charge is 0.331 e. The van der Waals surface area contributed by atoms with Crippen molar-refractivity contribution in [2.24, 2.45) is 0 Å². The lowest BCUT2D eigenvalue weighted by atomic mass is 10.1. The number of anilines is 1. The minimum atomic E-state index is -4.04. The number of carbonyl (C=O) groups excluding carboxylic acids is 1. The Morgan fingerprint density at radius 1 is 1.24 bits per heavy atom. The Kier molecular flexibility index (Phi) is 4.46. The molecule has 1 aliphatic rings. The van der Waals surface area contributed by atoms with Gasteiger partial charge in [-0.3, -0.25) is 4.79 Å². The molecule has 21 heavy (non-hydrogen) atoms. The van der Waals surface area contributed by atoms with Crippen molar-refractivity contribution in [2.75, 3.05) is 17.3 Å². The van der Waals surface area contributed by atoms with Crippen molar-refractivity contribution in [3.63, 3.8) is 0 Å². The SMILES string of the molecule is COC(CCl)N1c2ccccc2C(=O)N(C(C)C)S1(=O)=O. The Morgan fingerprint density at radius 2 is 1.86 bits per heavy atom. The maximum absolute atomic E-state index is 12.8. The topological polar surface area (TPSA) is 66.9 Å². The molecule has 0 saturated carbocycles. The first-order chi connectivity index (χ1) is 9.86. The summed E-state index contributed by atoms with van der Waals surface area (Å²) in [5.74, 6) is -0.592. The second kappa shape index (κ2) is 5.82. The summed E-state index contributed by atoms with van der Waals surface area (Å²) < 4.78 is 32.7. The van der Waals surface area contributed by atoms with E-state index in [0.717, 1.165) is 8.61 Å². The molecule has 0 saturated heterocycles. The van der Waals surface area contributed by atoms with Crippen molar-refractivity contribution in [3.8, 4) is 0 Å². The summed E-state index contributed by atoms with van der Waals surface area (Å²) in [6.07, 6.45) is -0.882. The van der Waals surface area contributed by atoms with Gasteiger partial charge in [0.2, 0.25) is 0 Å². The molecule has 2 rings (SSSR count). The largest absolute Gasteiger partial charge is 0.359 e. The van der Waals surface area contributed by atoms with Gasteiger partial charge in [0.25, 0.3) is 5.91 Å². The van der Waals surface area contributed by atoms with Crippen LogP contribution in [-0.4, -0.2) is 43.9 Å². The third-order valence-electron chi connectivity index (χ3n) is 3.20. The standard InChI is InChI=1S/C13H17ClN2O4S/c1-9(2)15-13(17)10-6-4-5-7-11(10)16(21(15,18)19)12(8-14)20-3/h4-7,9,12H,8H2,1-3H3. The average molecular weight is 333 g/mol. The van der Waals surface area contributed by atoms with Gasteiger partial charge in [0.1, 0.15) is 0 Å². The Hall–Kier alpha value is -1.31. The van der Waals surface area contributed by atoms with Gasteiger partial charge >= 0.3 is 10.2 Å². The first-order valence-corrected chi connectivity index (χ1v) is 8.35. The minimum absolute atomic E-state index is 0.0514. The van der Waals surface area contributed by atoms with E-state index in [1.54, 1.807) is 38.1 Å². The van der Waals surface area contributed by atoms with Gasteiger partial charge in [0.15, 0.2) is 6.23 Å². The Morgan fingerprint density at radius 3 is 2.38 bits per heavy atom. The van der Waals surface area contributed by atoms with Crippen molar-refractivity contribution in [1.82, 2.24) is 4.31 Å². The lowest BCUT2D eigenvalue weighted by Crippen LogP contribution is -2.57. The van der Waals surface area contributed by atoms with Gasteiger partial charge in [0, 0.05) is 13.2 Å². The van der Waals surface area contributed by atoms with Crippen molar-refractivity contribution < 1.29 is 17.9 Å². The maximum Gasteiger partial charge on any atom is 0.331 e. The van der Waals surface area contributed by atoms with Crippen LogP contribution in [0.1, 0.15) is 24.2 Å². The lowest BCUT2D eigenvalue weighted by molar-refractivity contribution is 0.0817. The van der Waals surface area contributed by atoms with Crippen LogP contribution in [0.5, 0.6) is 0 Å². The van der Waals surface area contributed by atoms with Crippen LogP contribution in [0.25, 0.3) is 0 Å². The molecule has 1 atom stereocenters. The average Bonchev–Trinajstić information content (AvgIpc) is 2.42. The lowest BCUT2D eigenvalue weighted by Gasteiger charge is -2.41. The molecule has 1 unspecified atom stereocenters. The van der Waals surface area contributed by atoms with Crippen LogP contribution in [0, 0.1) is 0 Å². The first-order valence-electron chi connectivity index (χ1n) is 6.42. The fourth-order valence-corrected chi connectivity index (χ4v) is 4.56. The molecule has 1 amide bonds. The molecule has 1 aliphatic heterocycles. The van der Waals surface area contributed by atoms with Gasteiger partial charge < -0.3 is 4.74 Å². The summed E-state index contributed by atoms with van der Waals surface area (Å²) in [7, 11) is -2.67. The molecule has 6 nitrogen and oxygen atoms in total. The zero-order valence-corrected chi connectivity index (χ0v) is 13.6. The zero-order valence-electron chi connectivity index (χ0n) is 12.0. The number of ether oxygens (including phenoxy) is 1. The Balaban J connectivity index is 2.72. The molecule has 116 valence electrons.